The van der Waals surface area contributed by atoms with E-state index in [2.05, 4.69) is 0 Å². The highest BCUT2D eigenvalue weighted by atomic mass is 35.5. The number of rotatable bonds is 4. The van der Waals surface area contributed by atoms with Gasteiger partial charge < -0.3 is 5.11 Å². The number of carboxylic acid groups (broad SMARTS) is 1. The molecular formula is C14H16ClNO3. The molecule has 1 aromatic rings. The van der Waals surface area contributed by atoms with Gasteiger partial charge in [0.2, 0.25) is 0 Å². The summed E-state index contributed by atoms with van der Waals surface area (Å²) in [6, 6.07) is 6.42. The zero-order valence-electron chi connectivity index (χ0n) is 10.5. The van der Waals surface area contributed by atoms with Gasteiger partial charge in [-0.25, -0.2) is 0 Å². The summed E-state index contributed by atoms with van der Waals surface area (Å²) in [5.41, 5.74) is 0.590. The van der Waals surface area contributed by atoms with E-state index in [1.165, 1.54) is 0 Å². The van der Waals surface area contributed by atoms with Gasteiger partial charge in [-0.05, 0) is 43.7 Å². The van der Waals surface area contributed by atoms with Gasteiger partial charge in [0, 0.05) is 10.6 Å². The molecule has 0 bridgehead atoms. The maximum absolute atomic E-state index is 12.4. The predicted molar refractivity (Wildman–Crippen MR) is 72.6 cm³/mol. The standard InChI is InChI=1S/C14H16ClNO3/c15-11-6-4-10(5-7-11)14(19)12-3-1-2-8-16(12)9-13(17)18/h4-7,12H,1-3,8-9H2,(H,17,18). The molecule has 2 rings (SSSR count). The van der Waals surface area contributed by atoms with Crippen molar-refractivity contribution in [1.82, 2.24) is 4.90 Å². The SMILES string of the molecule is O=C(O)CN1CCCCC1C(=O)c1ccc(Cl)cc1. The highest BCUT2D eigenvalue weighted by molar-refractivity contribution is 6.30. The highest BCUT2D eigenvalue weighted by Crippen LogP contribution is 2.21. The Kier molecular flexibility index (Phi) is 4.56. The Morgan fingerprint density at radius 2 is 1.95 bits per heavy atom. The number of benzene rings is 1. The number of aliphatic carboxylic acids is 1. The van der Waals surface area contributed by atoms with Crippen LogP contribution in [0.15, 0.2) is 24.3 Å². The smallest absolute Gasteiger partial charge is 0.317 e. The zero-order valence-corrected chi connectivity index (χ0v) is 11.3. The van der Waals surface area contributed by atoms with Crippen LogP contribution in [0.2, 0.25) is 5.02 Å². The molecule has 0 saturated carbocycles. The van der Waals surface area contributed by atoms with Crippen LogP contribution in [0, 0.1) is 0 Å². The van der Waals surface area contributed by atoms with Crippen molar-refractivity contribution < 1.29 is 14.7 Å². The Morgan fingerprint density at radius 1 is 1.26 bits per heavy atom. The molecule has 1 N–H and O–H groups in total. The Bertz CT molecular complexity index is 472. The second kappa shape index (κ2) is 6.17. The first-order chi connectivity index (χ1) is 9.08. The number of halogens is 1. The molecule has 0 amide bonds. The van der Waals surface area contributed by atoms with Crippen LogP contribution >= 0.6 is 11.6 Å². The van der Waals surface area contributed by atoms with Gasteiger partial charge in [0.1, 0.15) is 0 Å². The Morgan fingerprint density at radius 3 is 2.58 bits per heavy atom. The quantitative estimate of drug-likeness (QED) is 0.862. The summed E-state index contributed by atoms with van der Waals surface area (Å²) in [6.45, 7) is 0.584. The molecule has 1 aromatic carbocycles. The van der Waals surface area contributed by atoms with E-state index in [1.54, 1.807) is 29.2 Å². The van der Waals surface area contributed by atoms with Crippen LogP contribution in [0.5, 0.6) is 0 Å². The second-order valence-electron chi connectivity index (χ2n) is 4.75. The summed E-state index contributed by atoms with van der Waals surface area (Å²) in [4.78, 5) is 25.0. The molecule has 1 aliphatic rings. The fourth-order valence-corrected chi connectivity index (χ4v) is 2.58. The zero-order chi connectivity index (χ0) is 13.8. The lowest BCUT2D eigenvalue weighted by molar-refractivity contribution is -0.138. The number of nitrogens with zero attached hydrogens (tertiary/aromatic N) is 1. The molecule has 5 heteroatoms. The van der Waals surface area contributed by atoms with Gasteiger partial charge in [-0.15, -0.1) is 0 Å². The molecule has 0 spiro atoms. The van der Waals surface area contributed by atoms with E-state index in [4.69, 9.17) is 16.7 Å². The molecule has 19 heavy (non-hydrogen) atoms. The lowest BCUT2D eigenvalue weighted by Crippen LogP contribution is -2.46. The topological polar surface area (TPSA) is 57.6 Å². The molecule has 1 unspecified atom stereocenters. The predicted octanol–water partition coefficient (Wildman–Crippen LogP) is 2.46. The van der Waals surface area contributed by atoms with Crippen LogP contribution < -0.4 is 0 Å². The van der Waals surface area contributed by atoms with E-state index >= 15 is 0 Å². The van der Waals surface area contributed by atoms with Gasteiger partial charge in [-0.2, -0.15) is 0 Å². The van der Waals surface area contributed by atoms with Crippen LogP contribution in [0.4, 0.5) is 0 Å². The summed E-state index contributed by atoms with van der Waals surface area (Å²) in [7, 11) is 0. The van der Waals surface area contributed by atoms with Crippen LogP contribution in [0.25, 0.3) is 0 Å². The summed E-state index contributed by atoms with van der Waals surface area (Å²) in [5, 5.41) is 9.49. The van der Waals surface area contributed by atoms with Crippen molar-refractivity contribution in [2.45, 2.75) is 25.3 Å². The van der Waals surface area contributed by atoms with Gasteiger partial charge in [-0.3, -0.25) is 14.5 Å². The maximum atomic E-state index is 12.4. The first kappa shape index (κ1) is 14.0. The molecule has 1 aliphatic heterocycles. The van der Waals surface area contributed by atoms with Gasteiger partial charge >= 0.3 is 5.97 Å². The number of ketones is 1. The number of carbonyl (C=O) groups is 2. The third-order valence-corrected chi connectivity index (χ3v) is 3.64. The van der Waals surface area contributed by atoms with Crippen molar-refractivity contribution >= 4 is 23.4 Å². The Balaban J connectivity index is 2.15. The monoisotopic (exact) mass is 281 g/mol. The van der Waals surface area contributed by atoms with E-state index in [0.29, 0.717) is 17.1 Å². The minimum atomic E-state index is -0.893. The number of piperidine rings is 1. The molecular weight excluding hydrogens is 266 g/mol. The fraction of sp³-hybridized carbons (Fsp3) is 0.429. The number of carbonyl (C=O) groups excluding carboxylic acids is 1. The number of likely N-dealkylation sites (tertiary alicyclic amines) is 1. The summed E-state index contributed by atoms with van der Waals surface area (Å²) in [5.74, 6) is -0.909. The molecule has 1 atom stereocenters. The van der Waals surface area contributed by atoms with Crippen molar-refractivity contribution in [2.24, 2.45) is 0 Å². The Hall–Kier alpha value is -1.39. The molecule has 1 heterocycles. The molecule has 4 nitrogen and oxygen atoms in total. The van der Waals surface area contributed by atoms with Crippen LogP contribution in [0.3, 0.4) is 0 Å². The minimum Gasteiger partial charge on any atom is -0.480 e. The number of Topliss-reactive ketones (excluding diaryl/α,β-unsaturated/α-hetero) is 1. The molecule has 1 saturated heterocycles. The second-order valence-corrected chi connectivity index (χ2v) is 5.18. The fourth-order valence-electron chi connectivity index (χ4n) is 2.46. The molecule has 102 valence electrons. The third-order valence-electron chi connectivity index (χ3n) is 3.38. The largest absolute Gasteiger partial charge is 0.480 e. The molecule has 0 radical (unpaired) electrons. The van der Waals surface area contributed by atoms with Gasteiger partial charge in [0.25, 0.3) is 0 Å². The summed E-state index contributed by atoms with van der Waals surface area (Å²) in [6.07, 6.45) is 2.62. The van der Waals surface area contributed by atoms with Crippen molar-refractivity contribution in [3.63, 3.8) is 0 Å². The summed E-state index contributed by atoms with van der Waals surface area (Å²) >= 11 is 5.80. The van der Waals surface area contributed by atoms with Crippen molar-refractivity contribution in [1.29, 1.82) is 0 Å². The lowest BCUT2D eigenvalue weighted by Gasteiger charge is -2.33. The van der Waals surface area contributed by atoms with E-state index in [1.807, 2.05) is 0 Å². The highest BCUT2D eigenvalue weighted by Gasteiger charge is 2.30. The van der Waals surface area contributed by atoms with Crippen molar-refractivity contribution in [3.8, 4) is 0 Å². The van der Waals surface area contributed by atoms with Gasteiger partial charge in [0.15, 0.2) is 5.78 Å². The van der Waals surface area contributed by atoms with E-state index in [0.717, 1.165) is 19.3 Å². The minimum absolute atomic E-state index is 0.0161. The van der Waals surface area contributed by atoms with Gasteiger partial charge in [0.05, 0.1) is 12.6 Å². The number of carboxylic acids is 1. The lowest BCUT2D eigenvalue weighted by atomic mass is 9.94. The van der Waals surface area contributed by atoms with Gasteiger partial charge in [-0.1, -0.05) is 18.0 Å². The number of hydrogen-bond acceptors (Lipinski definition) is 3. The van der Waals surface area contributed by atoms with Crippen molar-refractivity contribution in [2.75, 3.05) is 13.1 Å². The Labute approximate surface area is 117 Å². The average Bonchev–Trinajstić information content (AvgIpc) is 2.39. The third kappa shape index (κ3) is 3.55. The van der Waals surface area contributed by atoms with Crippen LogP contribution in [-0.2, 0) is 4.79 Å². The number of hydrogen-bond donors (Lipinski definition) is 1. The first-order valence-electron chi connectivity index (χ1n) is 6.33. The van der Waals surface area contributed by atoms with E-state index in [9.17, 15) is 9.59 Å². The van der Waals surface area contributed by atoms with E-state index in [-0.39, 0.29) is 18.4 Å². The normalized spacial score (nSPS) is 20.2. The van der Waals surface area contributed by atoms with Crippen LogP contribution in [0.1, 0.15) is 29.6 Å². The molecule has 0 aromatic heterocycles. The molecule has 1 fully saturated rings. The average molecular weight is 282 g/mol. The van der Waals surface area contributed by atoms with E-state index < -0.39 is 5.97 Å². The summed E-state index contributed by atoms with van der Waals surface area (Å²) < 4.78 is 0. The molecule has 0 aliphatic carbocycles. The first-order valence-corrected chi connectivity index (χ1v) is 6.71. The maximum Gasteiger partial charge on any atom is 0.317 e. The van der Waals surface area contributed by atoms with Crippen LogP contribution in [-0.4, -0.2) is 40.9 Å². The van der Waals surface area contributed by atoms with Crippen molar-refractivity contribution in [3.05, 3.63) is 34.9 Å².